The zero-order valence-electron chi connectivity index (χ0n) is 15.3. The molecule has 6 nitrogen and oxygen atoms in total. The van der Waals surface area contributed by atoms with Crippen LogP contribution in [0.2, 0.25) is 0 Å². The highest BCUT2D eigenvalue weighted by atomic mass is 16.5. The number of hydrogen-bond acceptors (Lipinski definition) is 5. The summed E-state index contributed by atoms with van der Waals surface area (Å²) >= 11 is 0. The summed E-state index contributed by atoms with van der Waals surface area (Å²) < 4.78 is 5.49. The lowest BCUT2D eigenvalue weighted by Gasteiger charge is -2.40. The van der Waals surface area contributed by atoms with E-state index in [0.29, 0.717) is 6.04 Å². The van der Waals surface area contributed by atoms with E-state index in [-0.39, 0.29) is 12.5 Å². The largest absolute Gasteiger partial charge is 0.496 e. The van der Waals surface area contributed by atoms with Crippen molar-refractivity contribution in [1.29, 1.82) is 0 Å². The molecule has 0 spiro atoms. The van der Waals surface area contributed by atoms with E-state index in [1.807, 2.05) is 30.5 Å². The number of para-hydroxylation sites is 1. The summed E-state index contributed by atoms with van der Waals surface area (Å²) in [4.78, 5) is 4.64. The van der Waals surface area contributed by atoms with Crippen LogP contribution in [0.25, 0.3) is 11.3 Å². The number of benzene rings is 1. The maximum Gasteiger partial charge on any atom is 0.128 e. The minimum absolute atomic E-state index is 0.226. The number of H-pyrrole nitrogens is 1. The Balaban J connectivity index is 1.76. The predicted molar refractivity (Wildman–Crippen MR) is 98.5 cm³/mol. The van der Waals surface area contributed by atoms with Crippen molar-refractivity contribution in [2.24, 2.45) is 5.92 Å². The first-order chi connectivity index (χ1) is 12.1. The van der Waals surface area contributed by atoms with E-state index in [2.05, 4.69) is 34.1 Å². The molecule has 1 aliphatic rings. The molecule has 3 rings (SSSR count). The predicted octanol–water partition coefficient (Wildman–Crippen LogP) is 1.83. The Morgan fingerprint density at radius 1 is 1.36 bits per heavy atom. The van der Waals surface area contributed by atoms with Gasteiger partial charge in [-0.15, -0.1) is 0 Å². The first-order valence-electron chi connectivity index (χ1n) is 8.79. The molecule has 0 amide bonds. The van der Waals surface area contributed by atoms with Crippen molar-refractivity contribution in [3.8, 4) is 17.0 Å². The van der Waals surface area contributed by atoms with Crippen LogP contribution in [0, 0.1) is 5.92 Å². The van der Waals surface area contributed by atoms with Gasteiger partial charge < -0.3 is 14.7 Å². The molecule has 0 saturated carbocycles. The van der Waals surface area contributed by atoms with Crippen molar-refractivity contribution in [3.05, 3.63) is 36.0 Å². The highest BCUT2D eigenvalue weighted by Gasteiger charge is 2.30. The molecule has 25 heavy (non-hydrogen) atoms. The van der Waals surface area contributed by atoms with Gasteiger partial charge in [-0.05, 0) is 32.6 Å². The highest BCUT2D eigenvalue weighted by molar-refractivity contribution is 5.69. The minimum atomic E-state index is 0.226. The van der Waals surface area contributed by atoms with Crippen LogP contribution in [0.3, 0.4) is 0 Å². The normalized spacial score (nSPS) is 21.6. The average molecular weight is 344 g/mol. The number of likely N-dealkylation sites (tertiary alicyclic amines) is 1. The third kappa shape index (κ3) is 3.86. The van der Waals surface area contributed by atoms with E-state index in [9.17, 15) is 5.11 Å². The van der Waals surface area contributed by atoms with Crippen molar-refractivity contribution in [1.82, 2.24) is 20.0 Å². The summed E-state index contributed by atoms with van der Waals surface area (Å²) in [5, 5.41) is 17.1. The molecule has 2 unspecified atom stereocenters. The summed E-state index contributed by atoms with van der Waals surface area (Å²) in [6, 6.07) is 8.43. The fourth-order valence-electron chi connectivity index (χ4n) is 3.85. The van der Waals surface area contributed by atoms with Gasteiger partial charge in [-0.2, -0.15) is 5.10 Å². The first-order valence-corrected chi connectivity index (χ1v) is 8.79. The second-order valence-electron chi connectivity index (χ2n) is 6.97. The van der Waals surface area contributed by atoms with Gasteiger partial charge in [-0.25, -0.2) is 0 Å². The molecular weight excluding hydrogens is 316 g/mol. The molecule has 0 radical (unpaired) electrons. The highest BCUT2D eigenvalue weighted by Crippen LogP contribution is 2.31. The van der Waals surface area contributed by atoms with Crippen LogP contribution in [0.15, 0.2) is 30.5 Å². The molecule has 2 aromatic rings. The molecule has 1 saturated heterocycles. The molecule has 1 aromatic heterocycles. The van der Waals surface area contributed by atoms with Crippen LogP contribution >= 0.6 is 0 Å². The lowest BCUT2D eigenvalue weighted by molar-refractivity contribution is 0.0455. The molecule has 0 aliphatic carbocycles. The van der Waals surface area contributed by atoms with E-state index in [4.69, 9.17) is 4.74 Å². The van der Waals surface area contributed by atoms with Gasteiger partial charge in [-0.1, -0.05) is 12.1 Å². The fourth-order valence-corrected chi connectivity index (χ4v) is 3.85. The molecule has 1 aromatic carbocycles. The summed E-state index contributed by atoms with van der Waals surface area (Å²) in [7, 11) is 5.88. The third-order valence-electron chi connectivity index (χ3n) is 5.16. The van der Waals surface area contributed by atoms with Gasteiger partial charge in [0.2, 0.25) is 0 Å². The Hall–Kier alpha value is -1.89. The molecule has 2 heterocycles. The second kappa shape index (κ2) is 7.99. The SMILES string of the molecule is COc1ccccc1-c1[nH]ncc1CN1CCC(N(C)C)C(CO)C1. The molecule has 1 aliphatic heterocycles. The van der Waals surface area contributed by atoms with Crippen LogP contribution in [0.5, 0.6) is 5.75 Å². The van der Waals surface area contributed by atoms with E-state index in [0.717, 1.165) is 48.6 Å². The Kier molecular flexibility index (Phi) is 5.73. The van der Waals surface area contributed by atoms with Crippen LogP contribution in [-0.4, -0.2) is 72.0 Å². The smallest absolute Gasteiger partial charge is 0.128 e. The van der Waals surface area contributed by atoms with Crippen molar-refractivity contribution in [2.75, 3.05) is 40.9 Å². The Morgan fingerprint density at radius 3 is 2.88 bits per heavy atom. The number of nitrogens with one attached hydrogen (secondary N) is 1. The Labute approximate surface area is 149 Å². The van der Waals surface area contributed by atoms with Crippen LogP contribution in [0.1, 0.15) is 12.0 Å². The van der Waals surface area contributed by atoms with Crippen molar-refractivity contribution >= 4 is 0 Å². The van der Waals surface area contributed by atoms with Gasteiger partial charge in [0.25, 0.3) is 0 Å². The number of nitrogens with zero attached hydrogens (tertiary/aromatic N) is 3. The number of aromatic amines is 1. The summed E-state index contributed by atoms with van der Waals surface area (Å²) in [6.07, 6.45) is 2.97. The van der Waals surface area contributed by atoms with Crippen LogP contribution < -0.4 is 4.74 Å². The van der Waals surface area contributed by atoms with Crippen LogP contribution in [0.4, 0.5) is 0 Å². The average Bonchev–Trinajstić information content (AvgIpc) is 3.09. The molecule has 2 atom stereocenters. The molecule has 6 heteroatoms. The number of methoxy groups -OCH3 is 1. The minimum Gasteiger partial charge on any atom is -0.496 e. The number of aliphatic hydroxyl groups excluding tert-OH is 1. The van der Waals surface area contributed by atoms with Crippen molar-refractivity contribution in [3.63, 3.8) is 0 Å². The van der Waals surface area contributed by atoms with Crippen molar-refractivity contribution < 1.29 is 9.84 Å². The third-order valence-corrected chi connectivity index (χ3v) is 5.16. The zero-order valence-corrected chi connectivity index (χ0v) is 15.3. The van der Waals surface area contributed by atoms with E-state index < -0.39 is 0 Å². The molecular formula is C19H28N4O2. The Bertz CT molecular complexity index is 686. The van der Waals surface area contributed by atoms with Gasteiger partial charge in [0.05, 0.1) is 19.0 Å². The van der Waals surface area contributed by atoms with Crippen LogP contribution in [-0.2, 0) is 6.54 Å². The van der Waals surface area contributed by atoms with E-state index in [1.165, 1.54) is 0 Å². The van der Waals surface area contributed by atoms with Gasteiger partial charge in [-0.3, -0.25) is 10.00 Å². The molecule has 0 bridgehead atoms. The van der Waals surface area contributed by atoms with E-state index >= 15 is 0 Å². The number of rotatable bonds is 6. The standard InChI is InChI=1S/C19H28N4O2/c1-22(2)17-8-9-23(12-15(17)13-24)11-14-10-20-21-19(14)16-6-4-5-7-18(16)25-3/h4-7,10,15,17,24H,8-9,11-13H2,1-3H3,(H,20,21). The number of ether oxygens (including phenoxy) is 1. The zero-order chi connectivity index (χ0) is 17.8. The second-order valence-corrected chi connectivity index (χ2v) is 6.97. The van der Waals surface area contributed by atoms with Gasteiger partial charge in [0.1, 0.15) is 5.75 Å². The quantitative estimate of drug-likeness (QED) is 0.837. The summed E-state index contributed by atoms with van der Waals surface area (Å²) in [5.41, 5.74) is 3.19. The number of aromatic nitrogens is 2. The van der Waals surface area contributed by atoms with Gasteiger partial charge >= 0.3 is 0 Å². The molecule has 136 valence electrons. The fraction of sp³-hybridized carbons (Fsp3) is 0.526. The number of piperidine rings is 1. The first kappa shape index (κ1) is 17.9. The summed E-state index contributed by atoms with van der Waals surface area (Å²) in [6.45, 7) is 2.97. The van der Waals surface area contributed by atoms with Crippen molar-refractivity contribution in [2.45, 2.75) is 19.0 Å². The summed E-state index contributed by atoms with van der Waals surface area (Å²) in [5.74, 6) is 1.12. The molecule has 1 fully saturated rings. The maximum absolute atomic E-state index is 9.77. The topological polar surface area (TPSA) is 64.6 Å². The van der Waals surface area contributed by atoms with Gasteiger partial charge in [0.15, 0.2) is 0 Å². The number of hydrogen-bond donors (Lipinski definition) is 2. The molecule has 2 N–H and O–H groups in total. The Morgan fingerprint density at radius 2 is 2.16 bits per heavy atom. The number of aliphatic hydroxyl groups is 1. The van der Waals surface area contributed by atoms with E-state index in [1.54, 1.807) is 7.11 Å². The maximum atomic E-state index is 9.77. The lowest BCUT2D eigenvalue weighted by Crippen LogP contribution is -2.49. The van der Waals surface area contributed by atoms with Gasteiger partial charge in [0, 0.05) is 49.3 Å². The lowest BCUT2D eigenvalue weighted by atomic mass is 9.91. The monoisotopic (exact) mass is 344 g/mol.